The molecule has 132 valence electrons. The first kappa shape index (κ1) is 20.3. The van der Waals surface area contributed by atoms with Gasteiger partial charge < -0.3 is 10.6 Å². The molecule has 24 heavy (non-hydrogen) atoms. The Balaban J connectivity index is 2.77. The smallest absolute Gasteiger partial charge is 0.379 e. The molecule has 4 nitrogen and oxygen atoms in total. The molecular formula is C15H15Cl2F3N2O2. The molecule has 0 heterocycles. The summed E-state index contributed by atoms with van der Waals surface area (Å²) in [5.74, 6) is -2.76. The van der Waals surface area contributed by atoms with E-state index in [2.05, 4.69) is 10.6 Å². The fraction of sp³-hybridized carbons (Fsp3) is 0.333. The van der Waals surface area contributed by atoms with E-state index in [1.807, 2.05) is 0 Å². The van der Waals surface area contributed by atoms with Gasteiger partial charge in [-0.2, -0.15) is 13.2 Å². The third kappa shape index (κ3) is 6.05. The van der Waals surface area contributed by atoms with Crippen LogP contribution >= 0.6 is 23.2 Å². The monoisotopic (exact) mass is 382 g/mol. The number of allylic oxidation sites excluding steroid dienone is 1. The molecule has 0 aliphatic carbocycles. The summed E-state index contributed by atoms with van der Waals surface area (Å²) in [6, 6.07) is 3.63. The largest absolute Gasteiger partial charge is 0.454 e. The zero-order chi connectivity index (χ0) is 18.5. The number of halogens is 5. The minimum absolute atomic E-state index is 0.249. The van der Waals surface area contributed by atoms with E-state index < -0.39 is 23.9 Å². The lowest BCUT2D eigenvalue weighted by Crippen LogP contribution is -2.42. The van der Waals surface area contributed by atoms with E-state index in [1.54, 1.807) is 13.8 Å². The van der Waals surface area contributed by atoms with Crippen LogP contribution in [0.5, 0.6) is 0 Å². The standard InChI is InChI=1S/C15H15Cl2F3N2O2/c1-8(2)13(21-6-5-12(23)15(18,19)20)14(24)22-9-3-4-10(16)11(17)7-9/h3-8,13,21H,1-2H3,(H,22,24). The predicted octanol–water partition coefficient (Wildman–Crippen LogP) is 4.19. The molecule has 0 aromatic heterocycles. The van der Waals surface area contributed by atoms with Gasteiger partial charge in [-0.25, -0.2) is 0 Å². The van der Waals surface area contributed by atoms with Crippen LogP contribution in [0.15, 0.2) is 30.5 Å². The molecule has 0 saturated heterocycles. The second-order valence-electron chi connectivity index (χ2n) is 5.20. The van der Waals surface area contributed by atoms with Gasteiger partial charge >= 0.3 is 6.18 Å². The van der Waals surface area contributed by atoms with Crippen molar-refractivity contribution in [3.8, 4) is 0 Å². The molecule has 0 fully saturated rings. The van der Waals surface area contributed by atoms with Crippen LogP contribution in [-0.4, -0.2) is 23.9 Å². The van der Waals surface area contributed by atoms with Crippen molar-refractivity contribution in [3.63, 3.8) is 0 Å². The number of nitrogens with one attached hydrogen (secondary N) is 2. The predicted molar refractivity (Wildman–Crippen MR) is 87.1 cm³/mol. The summed E-state index contributed by atoms with van der Waals surface area (Å²) in [5.41, 5.74) is 0.386. The Bertz CT molecular complexity index is 646. The Morgan fingerprint density at radius 3 is 2.29 bits per heavy atom. The van der Waals surface area contributed by atoms with Crippen molar-refractivity contribution in [2.45, 2.75) is 26.1 Å². The van der Waals surface area contributed by atoms with E-state index in [0.717, 1.165) is 6.20 Å². The van der Waals surface area contributed by atoms with Gasteiger partial charge in [-0.05, 0) is 24.1 Å². The number of hydrogen-bond acceptors (Lipinski definition) is 3. The van der Waals surface area contributed by atoms with Gasteiger partial charge in [0.25, 0.3) is 5.78 Å². The normalized spacial score (nSPS) is 13.2. The number of carbonyl (C=O) groups excluding carboxylic acids is 2. The molecular weight excluding hydrogens is 368 g/mol. The van der Waals surface area contributed by atoms with Crippen molar-refractivity contribution < 1.29 is 22.8 Å². The van der Waals surface area contributed by atoms with Crippen LogP contribution in [0.1, 0.15) is 13.8 Å². The summed E-state index contributed by atoms with van der Waals surface area (Å²) in [7, 11) is 0. The second-order valence-corrected chi connectivity index (χ2v) is 6.02. The second kappa shape index (κ2) is 8.39. The third-order valence-electron chi connectivity index (χ3n) is 2.93. The summed E-state index contributed by atoms with van der Waals surface area (Å²) in [4.78, 5) is 23.0. The molecule has 0 bridgehead atoms. The minimum Gasteiger partial charge on any atom is -0.379 e. The Hall–Kier alpha value is -1.73. The van der Waals surface area contributed by atoms with Crippen molar-refractivity contribution >= 4 is 40.6 Å². The average Bonchev–Trinajstić information content (AvgIpc) is 2.45. The number of alkyl halides is 3. The van der Waals surface area contributed by atoms with E-state index in [1.165, 1.54) is 18.2 Å². The first-order valence-corrected chi connectivity index (χ1v) is 7.57. The van der Waals surface area contributed by atoms with Gasteiger partial charge in [-0.15, -0.1) is 0 Å². The lowest BCUT2D eigenvalue weighted by Gasteiger charge is -2.20. The fourth-order valence-corrected chi connectivity index (χ4v) is 1.98. The SMILES string of the molecule is CC(C)C(NC=CC(=O)C(F)(F)F)C(=O)Nc1ccc(Cl)c(Cl)c1. The van der Waals surface area contributed by atoms with Crippen LogP contribution in [0, 0.1) is 5.92 Å². The van der Waals surface area contributed by atoms with Gasteiger partial charge in [0.2, 0.25) is 5.91 Å². The highest BCUT2D eigenvalue weighted by Crippen LogP contribution is 2.25. The van der Waals surface area contributed by atoms with Gasteiger partial charge in [0.1, 0.15) is 6.04 Å². The highest BCUT2D eigenvalue weighted by molar-refractivity contribution is 6.42. The van der Waals surface area contributed by atoms with E-state index in [4.69, 9.17) is 23.2 Å². The van der Waals surface area contributed by atoms with E-state index >= 15 is 0 Å². The molecule has 2 N–H and O–H groups in total. The average molecular weight is 383 g/mol. The number of hydrogen-bond donors (Lipinski definition) is 2. The molecule has 0 saturated carbocycles. The quantitative estimate of drug-likeness (QED) is 0.725. The maximum Gasteiger partial charge on any atom is 0.454 e. The summed E-state index contributed by atoms with van der Waals surface area (Å²) in [6.07, 6.45) is -3.80. The molecule has 1 aromatic carbocycles. The molecule has 0 aliphatic heterocycles. The van der Waals surface area contributed by atoms with E-state index in [0.29, 0.717) is 16.8 Å². The minimum atomic E-state index is -4.95. The number of rotatable bonds is 6. The molecule has 0 aliphatic rings. The van der Waals surface area contributed by atoms with Crippen molar-refractivity contribution in [3.05, 3.63) is 40.5 Å². The van der Waals surface area contributed by atoms with Crippen molar-refractivity contribution in [1.29, 1.82) is 0 Å². The van der Waals surface area contributed by atoms with Crippen LogP contribution in [0.3, 0.4) is 0 Å². The van der Waals surface area contributed by atoms with Crippen LogP contribution in [0.25, 0.3) is 0 Å². The molecule has 0 radical (unpaired) electrons. The zero-order valence-electron chi connectivity index (χ0n) is 12.7. The Morgan fingerprint density at radius 1 is 1.17 bits per heavy atom. The molecule has 9 heteroatoms. The molecule has 1 aromatic rings. The highest BCUT2D eigenvalue weighted by atomic mass is 35.5. The van der Waals surface area contributed by atoms with Crippen LogP contribution in [0.4, 0.5) is 18.9 Å². The van der Waals surface area contributed by atoms with Crippen molar-refractivity contribution in [1.82, 2.24) is 5.32 Å². The van der Waals surface area contributed by atoms with Gasteiger partial charge in [0.05, 0.1) is 10.0 Å². The molecule has 1 amide bonds. The molecule has 1 rings (SSSR count). The topological polar surface area (TPSA) is 58.2 Å². The summed E-state index contributed by atoms with van der Waals surface area (Å²) >= 11 is 11.6. The van der Waals surface area contributed by atoms with Crippen LogP contribution in [0.2, 0.25) is 10.0 Å². The highest BCUT2D eigenvalue weighted by Gasteiger charge is 2.36. The summed E-state index contributed by atoms with van der Waals surface area (Å²) in [6.45, 7) is 3.40. The van der Waals surface area contributed by atoms with Crippen LogP contribution in [-0.2, 0) is 9.59 Å². The Kier molecular flexibility index (Phi) is 7.10. The Labute approximate surface area is 147 Å². The lowest BCUT2D eigenvalue weighted by molar-refractivity contribution is -0.165. The van der Waals surface area contributed by atoms with E-state index in [9.17, 15) is 22.8 Å². The van der Waals surface area contributed by atoms with Gasteiger partial charge in [0.15, 0.2) is 0 Å². The van der Waals surface area contributed by atoms with Gasteiger partial charge in [0, 0.05) is 18.0 Å². The van der Waals surface area contributed by atoms with E-state index in [-0.39, 0.29) is 10.9 Å². The van der Waals surface area contributed by atoms with Crippen molar-refractivity contribution in [2.24, 2.45) is 5.92 Å². The molecule has 1 unspecified atom stereocenters. The maximum atomic E-state index is 12.2. The number of benzene rings is 1. The number of amides is 1. The van der Waals surface area contributed by atoms with Crippen molar-refractivity contribution in [2.75, 3.05) is 5.32 Å². The lowest BCUT2D eigenvalue weighted by atomic mass is 10.0. The first-order valence-electron chi connectivity index (χ1n) is 6.82. The first-order chi connectivity index (χ1) is 11.0. The fourth-order valence-electron chi connectivity index (χ4n) is 1.69. The third-order valence-corrected chi connectivity index (χ3v) is 3.67. The summed E-state index contributed by atoms with van der Waals surface area (Å²) < 4.78 is 36.4. The maximum absolute atomic E-state index is 12.2. The number of anilines is 1. The Morgan fingerprint density at radius 2 is 1.79 bits per heavy atom. The van der Waals surface area contributed by atoms with Gasteiger partial charge in [-0.1, -0.05) is 37.0 Å². The van der Waals surface area contributed by atoms with Crippen LogP contribution < -0.4 is 10.6 Å². The van der Waals surface area contributed by atoms with Gasteiger partial charge in [-0.3, -0.25) is 9.59 Å². The summed E-state index contributed by atoms with van der Waals surface area (Å²) in [5, 5.41) is 5.64. The molecule has 1 atom stereocenters. The molecule has 0 spiro atoms. The number of carbonyl (C=O) groups is 2. The number of ketones is 1. The zero-order valence-corrected chi connectivity index (χ0v) is 14.3.